The molecule has 0 spiro atoms. The van der Waals surface area contributed by atoms with Crippen LogP contribution in [0.25, 0.3) is 0 Å². The number of halogens is 3. The number of hydrogen-bond donors (Lipinski definition) is 2. The van der Waals surface area contributed by atoms with Crippen molar-refractivity contribution >= 4 is 35.6 Å². The quantitative estimate of drug-likeness (QED) is 0.406. The maximum atomic E-state index is 13.9. The minimum atomic E-state index is -0.521. The Hall–Kier alpha value is -1.84. The Morgan fingerprint density at radius 3 is 2.62 bits per heavy atom. The van der Waals surface area contributed by atoms with Crippen LogP contribution in [0.2, 0.25) is 0 Å². The van der Waals surface area contributed by atoms with Crippen molar-refractivity contribution in [2.75, 3.05) is 25.0 Å². The van der Waals surface area contributed by atoms with E-state index in [0.29, 0.717) is 25.6 Å². The van der Waals surface area contributed by atoms with E-state index in [1.165, 1.54) is 18.2 Å². The number of para-hydroxylation sites is 1. The Morgan fingerprint density at radius 1 is 1.27 bits per heavy atom. The number of rotatable bonds is 4. The van der Waals surface area contributed by atoms with Crippen molar-refractivity contribution in [1.29, 1.82) is 0 Å². The van der Waals surface area contributed by atoms with E-state index in [-0.39, 0.29) is 35.7 Å². The molecule has 0 saturated carbocycles. The van der Waals surface area contributed by atoms with Crippen LogP contribution in [-0.2, 0) is 13.6 Å². The highest BCUT2D eigenvalue weighted by Crippen LogP contribution is 2.26. The van der Waals surface area contributed by atoms with Crippen LogP contribution in [0.1, 0.15) is 12.0 Å². The molecule has 0 aliphatic carbocycles. The van der Waals surface area contributed by atoms with E-state index in [1.807, 2.05) is 30.1 Å². The second-order valence-electron chi connectivity index (χ2n) is 6.26. The average Bonchev–Trinajstić information content (AvgIpc) is 3.20. The Kier molecular flexibility index (Phi) is 7.24. The molecule has 1 aromatic carbocycles. The molecule has 1 aromatic heterocycles. The monoisotopic (exact) mass is 475 g/mol. The lowest BCUT2D eigenvalue weighted by atomic mass is 10.2. The van der Waals surface area contributed by atoms with E-state index in [1.54, 1.807) is 11.9 Å². The number of nitrogens with zero attached hydrogens (tertiary/aromatic N) is 3. The molecule has 2 aromatic rings. The molecule has 0 bridgehead atoms. The summed E-state index contributed by atoms with van der Waals surface area (Å²) in [6.45, 7) is 1.80. The molecule has 2 heterocycles. The first-order valence-electron chi connectivity index (χ1n) is 8.34. The molecule has 1 unspecified atom stereocenters. The van der Waals surface area contributed by atoms with Gasteiger partial charge in [0.05, 0.1) is 0 Å². The first-order chi connectivity index (χ1) is 12.1. The third kappa shape index (κ3) is 4.87. The van der Waals surface area contributed by atoms with E-state index in [2.05, 4.69) is 15.6 Å². The van der Waals surface area contributed by atoms with E-state index in [9.17, 15) is 8.78 Å². The Labute approximate surface area is 169 Å². The SMILES string of the molecule is CN=C(NCc1ccn(C)c1)NC1CCN(c2c(F)cccc2F)C1.I. The van der Waals surface area contributed by atoms with Crippen LogP contribution in [-0.4, -0.2) is 36.7 Å². The number of benzene rings is 1. The first-order valence-corrected chi connectivity index (χ1v) is 8.34. The topological polar surface area (TPSA) is 44.6 Å². The molecular formula is C18H24F2IN5. The van der Waals surface area contributed by atoms with Crippen molar-refractivity contribution in [3.63, 3.8) is 0 Å². The second-order valence-corrected chi connectivity index (χ2v) is 6.26. The number of aromatic nitrogens is 1. The summed E-state index contributed by atoms with van der Waals surface area (Å²) in [5, 5.41) is 6.59. The summed E-state index contributed by atoms with van der Waals surface area (Å²) >= 11 is 0. The molecule has 5 nitrogen and oxygen atoms in total. The molecule has 1 saturated heterocycles. The lowest BCUT2D eigenvalue weighted by Crippen LogP contribution is -2.44. The lowest BCUT2D eigenvalue weighted by molar-refractivity contribution is 0.576. The van der Waals surface area contributed by atoms with Gasteiger partial charge in [0.25, 0.3) is 0 Å². The van der Waals surface area contributed by atoms with Gasteiger partial charge in [-0.25, -0.2) is 8.78 Å². The van der Waals surface area contributed by atoms with Gasteiger partial charge in [-0.15, -0.1) is 24.0 Å². The van der Waals surface area contributed by atoms with Crippen molar-refractivity contribution in [1.82, 2.24) is 15.2 Å². The highest BCUT2D eigenvalue weighted by Gasteiger charge is 2.27. The van der Waals surface area contributed by atoms with Crippen LogP contribution in [0.5, 0.6) is 0 Å². The van der Waals surface area contributed by atoms with Gasteiger partial charge in [-0.2, -0.15) is 0 Å². The van der Waals surface area contributed by atoms with Crippen LogP contribution in [0.15, 0.2) is 41.7 Å². The number of guanidine groups is 1. The number of nitrogens with one attached hydrogen (secondary N) is 2. The molecule has 0 radical (unpaired) electrons. The van der Waals surface area contributed by atoms with Crippen LogP contribution in [0.3, 0.4) is 0 Å². The summed E-state index contributed by atoms with van der Waals surface area (Å²) in [5.74, 6) is -0.357. The predicted molar refractivity (Wildman–Crippen MR) is 111 cm³/mol. The van der Waals surface area contributed by atoms with Crippen molar-refractivity contribution in [2.24, 2.45) is 12.0 Å². The summed E-state index contributed by atoms with van der Waals surface area (Å²) in [7, 11) is 3.69. The van der Waals surface area contributed by atoms with E-state index < -0.39 is 11.6 Å². The van der Waals surface area contributed by atoms with Crippen molar-refractivity contribution < 1.29 is 8.78 Å². The molecule has 3 rings (SSSR count). The molecule has 8 heteroatoms. The summed E-state index contributed by atoms with van der Waals surface area (Å²) in [6.07, 6.45) is 4.82. The zero-order chi connectivity index (χ0) is 17.8. The molecule has 1 fully saturated rings. The van der Waals surface area contributed by atoms with Crippen molar-refractivity contribution in [2.45, 2.75) is 19.0 Å². The summed E-state index contributed by atoms with van der Waals surface area (Å²) in [6, 6.07) is 6.09. The number of anilines is 1. The van der Waals surface area contributed by atoms with Crippen LogP contribution < -0.4 is 15.5 Å². The normalized spacial score (nSPS) is 17.2. The van der Waals surface area contributed by atoms with Crippen molar-refractivity contribution in [3.05, 3.63) is 53.9 Å². The van der Waals surface area contributed by atoms with Crippen LogP contribution >= 0.6 is 24.0 Å². The maximum Gasteiger partial charge on any atom is 0.191 e. The van der Waals surface area contributed by atoms with Crippen LogP contribution in [0.4, 0.5) is 14.5 Å². The van der Waals surface area contributed by atoms with E-state index >= 15 is 0 Å². The molecule has 0 amide bonds. The second kappa shape index (κ2) is 9.20. The molecule has 142 valence electrons. The van der Waals surface area contributed by atoms with Crippen LogP contribution in [0, 0.1) is 11.6 Å². The van der Waals surface area contributed by atoms with Crippen molar-refractivity contribution in [3.8, 4) is 0 Å². The van der Waals surface area contributed by atoms with Gasteiger partial charge in [-0.05, 0) is 30.2 Å². The Morgan fingerprint density at radius 2 is 2.00 bits per heavy atom. The van der Waals surface area contributed by atoms with Gasteiger partial charge >= 0.3 is 0 Å². The first kappa shape index (κ1) is 20.5. The van der Waals surface area contributed by atoms with Gasteiger partial charge in [-0.3, -0.25) is 4.99 Å². The van der Waals surface area contributed by atoms with Gasteiger partial charge < -0.3 is 20.1 Å². The highest BCUT2D eigenvalue weighted by molar-refractivity contribution is 14.0. The summed E-state index contributed by atoms with van der Waals surface area (Å²) in [4.78, 5) is 5.97. The molecule has 1 aliphatic rings. The largest absolute Gasteiger partial charge is 0.365 e. The highest BCUT2D eigenvalue weighted by atomic mass is 127. The number of aliphatic imine (C=N–C) groups is 1. The van der Waals surface area contributed by atoms with E-state index in [0.717, 1.165) is 12.0 Å². The minimum absolute atomic E-state index is 0. The summed E-state index contributed by atoms with van der Waals surface area (Å²) < 4.78 is 29.8. The fourth-order valence-electron chi connectivity index (χ4n) is 3.11. The van der Waals surface area contributed by atoms with E-state index in [4.69, 9.17) is 0 Å². The molecule has 26 heavy (non-hydrogen) atoms. The standard InChI is InChI=1S/C18H23F2N5.HI/c1-21-18(22-10-13-6-8-24(2)11-13)23-14-7-9-25(12-14)17-15(19)4-3-5-16(17)20;/h3-6,8,11,14H,7,9-10,12H2,1-2H3,(H2,21,22,23);1H. The van der Waals surface area contributed by atoms with Gasteiger partial charge in [-0.1, -0.05) is 6.07 Å². The third-order valence-electron chi connectivity index (χ3n) is 4.36. The lowest BCUT2D eigenvalue weighted by Gasteiger charge is -2.21. The van der Waals surface area contributed by atoms with Gasteiger partial charge in [0.15, 0.2) is 5.96 Å². The molecular weight excluding hydrogens is 451 g/mol. The zero-order valence-electron chi connectivity index (χ0n) is 14.9. The van der Waals surface area contributed by atoms with Gasteiger partial charge in [0.1, 0.15) is 17.3 Å². The Bertz CT molecular complexity index is 742. The average molecular weight is 475 g/mol. The molecule has 2 N–H and O–H groups in total. The minimum Gasteiger partial charge on any atom is -0.365 e. The third-order valence-corrected chi connectivity index (χ3v) is 4.36. The molecule has 1 aliphatic heterocycles. The fraction of sp³-hybridized carbons (Fsp3) is 0.389. The fourth-order valence-corrected chi connectivity index (χ4v) is 3.11. The van der Waals surface area contributed by atoms with Gasteiger partial charge in [0.2, 0.25) is 0 Å². The maximum absolute atomic E-state index is 13.9. The number of aryl methyl sites for hydroxylation is 1. The van der Waals surface area contributed by atoms with Gasteiger partial charge in [0, 0.05) is 52.2 Å². The number of hydrogen-bond acceptors (Lipinski definition) is 2. The Balaban J connectivity index is 0.00000243. The smallest absolute Gasteiger partial charge is 0.191 e. The molecule has 1 atom stereocenters. The summed E-state index contributed by atoms with van der Waals surface area (Å²) in [5.41, 5.74) is 1.21. The zero-order valence-corrected chi connectivity index (χ0v) is 17.2. The predicted octanol–water partition coefficient (Wildman–Crippen LogP) is 2.87.